The van der Waals surface area contributed by atoms with Crippen molar-refractivity contribution in [3.8, 4) is 0 Å². The van der Waals surface area contributed by atoms with Crippen molar-refractivity contribution in [2.75, 3.05) is 26.3 Å². The number of aryl methyl sites for hydroxylation is 1. The van der Waals surface area contributed by atoms with Gasteiger partial charge in [-0.05, 0) is 47.9 Å². The summed E-state index contributed by atoms with van der Waals surface area (Å²) >= 11 is 0. The Morgan fingerprint density at radius 2 is 1.76 bits per heavy atom. The highest BCUT2D eigenvalue weighted by Crippen LogP contribution is 2.18. The minimum absolute atomic E-state index is 0.0177. The van der Waals surface area contributed by atoms with Crippen LogP contribution in [0.5, 0.6) is 0 Å². The molecule has 29 heavy (non-hydrogen) atoms. The van der Waals surface area contributed by atoms with E-state index in [4.69, 9.17) is 4.74 Å². The number of nitrogens with zero attached hydrogens (tertiary/aromatic N) is 1. The lowest BCUT2D eigenvalue weighted by molar-refractivity contribution is -0.121. The second kappa shape index (κ2) is 9.43. The van der Waals surface area contributed by atoms with Gasteiger partial charge in [-0.2, -0.15) is 4.31 Å². The molecule has 1 aliphatic heterocycles. The van der Waals surface area contributed by atoms with Crippen molar-refractivity contribution in [1.82, 2.24) is 9.62 Å². The third kappa shape index (κ3) is 5.59. The van der Waals surface area contributed by atoms with Crippen LogP contribution >= 0.6 is 0 Å². The minimum Gasteiger partial charge on any atom is -0.379 e. The molecule has 0 saturated carbocycles. The van der Waals surface area contributed by atoms with Gasteiger partial charge in [-0.25, -0.2) is 17.2 Å². The van der Waals surface area contributed by atoms with Crippen LogP contribution < -0.4 is 5.32 Å². The standard InChI is InChI=1S/C20H22F2N2O4S/c21-17-4-7-19(22)16(13-17)3-8-20(25)23-14-15-1-5-18(6-2-15)29(26,27)24-9-11-28-12-10-24/h1-2,4-7,13H,3,8-12,14H2,(H,23,25). The Morgan fingerprint density at radius 3 is 2.45 bits per heavy atom. The maximum atomic E-state index is 13.6. The molecule has 6 nitrogen and oxygen atoms in total. The van der Waals surface area contributed by atoms with Gasteiger partial charge in [0.1, 0.15) is 11.6 Å². The van der Waals surface area contributed by atoms with Crippen LogP contribution in [0.15, 0.2) is 47.4 Å². The number of amides is 1. The number of halogens is 2. The molecule has 3 rings (SSSR count). The summed E-state index contributed by atoms with van der Waals surface area (Å²) in [5.41, 5.74) is 0.883. The number of carbonyl (C=O) groups is 1. The molecule has 0 atom stereocenters. The first-order chi connectivity index (χ1) is 13.9. The molecule has 9 heteroatoms. The third-order valence-corrected chi connectivity index (χ3v) is 6.56. The van der Waals surface area contributed by atoms with Gasteiger partial charge in [-0.15, -0.1) is 0 Å². The number of hydrogen-bond acceptors (Lipinski definition) is 4. The van der Waals surface area contributed by atoms with Crippen molar-refractivity contribution in [1.29, 1.82) is 0 Å². The summed E-state index contributed by atoms with van der Waals surface area (Å²) in [5, 5.41) is 2.69. The Kier molecular flexibility index (Phi) is 6.94. The van der Waals surface area contributed by atoms with Gasteiger partial charge >= 0.3 is 0 Å². The zero-order valence-electron chi connectivity index (χ0n) is 15.7. The molecule has 0 spiro atoms. The average Bonchev–Trinajstić information content (AvgIpc) is 2.74. The number of nitrogens with one attached hydrogen (secondary N) is 1. The van der Waals surface area contributed by atoms with Crippen LogP contribution in [-0.2, 0) is 32.5 Å². The lowest BCUT2D eigenvalue weighted by Gasteiger charge is -2.26. The fraction of sp³-hybridized carbons (Fsp3) is 0.350. The number of sulfonamides is 1. The van der Waals surface area contributed by atoms with E-state index in [-0.39, 0.29) is 35.8 Å². The Hall–Kier alpha value is -2.36. The van der Waals surface area contributed by atoms with Crippen LogP contribution in [0, 0.1) is 11.6 Å². The second-order valence-corrected chi connectivity index (χ2v) is 8.61. The molecule has 1 saturated heterocycles. The Labute approximate surface area is 168 Å². The van der Waals surface area contributed by atoms with Crippen LogP contribution in [0.4, 0.5) is 8.78 Å². The van der Waals surface area contributed by atoms with E-state index >= 15 is 0 Å². The molecule has 156 valence electrons. The zero-order chi connectivity index (χ0) is 20.9. The van der Waals surface area contributed by atoms with E-state index in [2.05, 4.69) is 5.32 Å². The van der Waals surface area contributed by atoms with Crippen molar-refractivity contribution in [2.24, 2.45) is 0 Å². The van der Waals surface area contributed by atoms with Crippen molar-refractivity contribution in [3.63, 3.8) is 0 Å². The first-order valence-electron chi connectivity index (χ1n) is 9.24. The van der Waals surface area contributed by atoms with Gasteiger partial charge in [-0.1, -0.05) is 12.1 Å². The third-order valence-electron chi connectivity index (χ3n) is 4.65. The number of carbonyl (C=O) groups excluding carboxylic acids is 1. The van der Waals surface area contributed by atoms with E-state index in [9.17, 15) is 22.0 Å². The fourth-order valence-electron chi connectivity index (χ4n) is 2.99. The molecule has 0 aromatic heterocycles. The molecular formula is C20H22F2N2O4S. The Bertz CT molecular complexity index is 959. The highest BCUT2D eigenvalue weighted by atomic mass is 32.2. The molecule has 0 unspecified atom stereocenters. The number of benzene rings is 2. The first kappa shape index (κ1) is 21.4. The van der Waals surface area contributed by atoms with Gasteiger partial charge < -0.3 is 10.1 Å². The van der Waals surface area contributed by atoms with E-state index in [1.165, 1.54) is 16.4 Å². The van der Waals surface area contributed by atoms with Gasteiger partial charge in [0.2, 0.25) is 15.9 Å². The molecule has 1 amide bonds. The molecular weight excluding hydrogens is 402 g/mol. The van der Waals surface area contributed by atoms with Crippen molar-refractivity contribution in [2.45, 2.75) is 24.3 Å². The number of ether oxygens (including phenoxy) is 1. The average molecular weight is 424 g/mol. The van der Waals surface area contributed by atoms with E-state index in [0.29, 0.717) is 26.3 Å². The molecule has 2 aromatic rings. The van der Waals surface area contributed by atoms with Crippen LogP contribution in [0.1, 0.15) is 17.5 Å². The second-order valence-electron chi connectivity index (χ2n) is 6.67. The highest BCUT2D eigenvalue weighted by molar-refractivity contribution is 7.89. The van der Waals surface area contributed by atoms with Gasteiger partial charge in [0.15, 0.2) is 0 Å². The number of hydrogen-bond donors (Lipinski definition) is 1. The molecule has 0 bridgehead atoms. The smallest absolute Gasteiger partial charge is 0.243 e. The molecule has 1 N–H and O–H groups in total. The van der Waals surface area contributed by atoms with E-state index in [1.54, 1.807) is 12.1 Å². The maximum absolute atomic E-state index is 13.6. The summed E-state index contributed by atoms with van der Waals surface area (Å²) in [4.78, 5) is 12.2. The largest absolute Gasteiger partial charge is 0.379 e. The molecule has 1 fully saturated rings. The summed E-state index contributed by atoms with van der Waals surface area (Å²) in [5.74, 6) is -1.40. The van der Waals surface area contributed by atoms with Crippen molar-refractivity contribution < 1.29 is 26.7 Å². The van der Waals surface area contributed by atoms with Crippen molar-refractivity contribution in [3.05, 3.63) is 65.2 Å². The van der Waals surface area contributed by atoms with Crippen LogP contribution in [0.2, 0.25) is 0 Å². The maximum Gasteiger partial charge on any atom is 0.243 e. The van der Waals surface area contributed by atoms with Crippen LogP contribution in [-0.4, -0.2) is 44.9 Å². The lowest BCUT2D eigenvalue weighted by atomic mass is 10.1. The van der Waals surface area contributed by atoms with E-state index in [1.807, 2.05) is 0 Å². The number of morpholine rings is 1. The lowest BCUT2D eigenvalue weighted by Crippen LogP contribution is -2.40. The van der Waals surface area contributed by atoms with Gasteiger partial charge in [0, 0.05) is 26.1 Å². The number of rotatable bonds is 7. The summed E-state index contributed by atoms with van der Waals surface area (Å²) in [7, 11) is -3.56. The fourth-order valence-corrected chi connectivity index (χ4v) is 4.40. The van der Waals surface area contributed by atoms with Gasteiger partial charge in [0.25, 0.3) is 0 Å². The molecule has 1 heterocycles. The summed E-state index contributed by atoms with van der Waals surface area (Å²) in [6.45, 7) is 1.62. The quantitative estimate of drug-likeness (QED) is 0.740. The predicted octanol–water partition coefficient (Wildman–Crippen LogP) is 2.23. The molecule has 1 aliphatic rings. The van der Waals surface area contributed by atoms with Gasteiger partial charge in [0.05, 0.1) is 18.1 Å². The van der Waals surface area contributed by atoms with Crippen LogP contribution in [0.3, 0.4) is 0 Å². The van der Waals surface area contributed by atoms with Gasteiger partial charge in [-0.3, -0.25) is 4.79 Å². The zero-order valence-corrected chi connectivity index (χ0v) is 16.6. The Morgan fingerprint density at radius 1 is 1.07 bits per heavy atom. The monoisotopic (exact) mass is 424 g/mol. The van der Waals surface area contributed by atoms with Crippen molar-refractivity contribution >= 4 is 15.9 Å². The first-order valence-corrected chi connectivity index (χ1v) is 10.7. The van der Waals surface area contributed by atoms with Crippen LogP contribution in [0.25, 0.3) is 0 Å². The summed E-state index contributed by atoms with van der Waals surface area (Å²) in [6, 6.07) is 9.44. The molecule has 0 radical (unpaired) electrons. The molecule has 2 aromatic carbocycles. The normalized spacial score (nSPS) is 15.2. The summed E-state index contributed by atoms with van der Waals surface area (Å²) < 4.78 is 58.5. The minimum atomic E-state index is -3.56. The SMILES string of the molecule is O=C(CCc1cc(F)ccc1F)NCc1ccc(S(=O)(=O)N2CCOCC2)cc1. The molecule has 0 aliphatic carbocycles. The Balaban J connectivity index is 1.52. The summed E-state index contributed by atoms with van der Waals surface area (Å²) in [6.07, 6.45) is 0.107. The highest BCUT2D eigenvalue weighted by Gasteiger charge is 2.26. The predicted molar refractivity (Wildman–Crippen MR) is 103 cm³/mol. The topological polar surface area (TPSA) is 75.7 Å². The van der Waals surface area contributed by atoms with E-state index < -0.39 is 21.7 Å². The van der Waals surface area contributed by atoms with E-state index in [0.717, 1.165) is 23.8 Å².